The second kappa shape index (κ2) is 8.32. The summed E-state index contributed by atoms with van der Waals surface area (Å²) < 4.78 is 7.83. The number of benzene rings is 2. The van der Waals surface area contributed by atoms with E-state index < -0.39 is 0 Å². The maximum atomic E-state index is 9.56. The molecule has 0 aliphatic rings. The lowest BCUT2D eigenvalue weighted by atomic mass is 9.93. The minimum absolute atomic E-state index is 0.0655. The molecule has 3 aromatic rings. The average Bonchev–Trinajstić information content (AvgIpc) is 2.92. The molecule has 4 heteroatoms. The van der Waals surface area contributed by atoms with E-state index in [1.165, 1.54) is 27.1 Å². The van der Waals surface area contributed by atoms with Gasteiger partial charge in [0.15, 0.2) is 0 Å². The number of fused-ring (bicyclic) bond motifs is 1. The number of rotatable bonds is 6. The van der Waals surface area contributed by atoms with Crippen molar-refractivity contribution in [3.05, 3.63) is 59.8 Å². The van der Waals surface area contributed by atoms with Gasteiger partial charge < -0.3 is 9.30 Å². The van der Waals surface area contributed by atoms with E-state index in [4.69, 9.17) is 4.74 Å². The smallest absolute Gasteiger partial charge is 0.119 e. The zero-order valence-electron chi connectivity index (χ0n) is 17.3. The van der Waals surface area contributed by atoms with Crippen LogP contribution in [0.1, 0.15) is 44.4 Å². The Labute approximate surface area is 172 Å². The Morgan fingerprint density at radius 1 is 1.14 bits per heavy atom. The summed E-state index contributed by atoms with van der Waals surface area (Å²) in [5.41, 5.74) is 3.68. The molecule has 0 N–H and O–H groups in total. The number of methoxy groups -OCH3 is 1. The summed E-state index contributed by atoms with van der Waals surface area (Å²) in [5, 5.41) is 10.8. The molecule has 2 aromatic carbocycles. The number of ether oxygens (including phenoxy) is 1. The minimum atomic E-state index is 0.0655. The maximum absolute atomic E-state index is 9.56. The molecular formula is C24H28N2OS. The molecule has 0 spiro atoms. The van der Waals surface area contributed by atoms with Crippen molar-refractivity contribution in [3.63, 3.8) is 0 Å². The molecule has 1 unspecified atom stereocenters. The van der Waals surface area contributed by atoms with Crippen LogP contribution in [-0.4, -0.2) is 16.4 Å². The van der Waals surface area contributed by atoms with Gasteiger partial charge in [-0.3, -0.25) is 0 Å². The van der Waals surface area contributed by atoms with Gasteiger partial charge in [0.25, 0.3) is 0 Å². The van der Waals surface area contributed by atoms with Crippen LogP contribution in [0.2, 0.25) is 0 Å². The largest absolute Gasteiger partial charge is 0.497 e. The fourth-order valence-corrected chi connectivity index (χ4v) is 4.98. The second-order valence-corrected chi connectivity index (χ2v) is 9.96. The Morgan fingerprint density at radius 3 is 2.46 bits per heavy atom. The molecule has 0 saturated heterocycles. The number of hydrogen-bond acceptors (Lipinski definition) is 3. The van der Waals surface area contributed by atoms with Crippen molar-refractivity contribution in [3.8, 4) is 11.8 Å². The molecule has 3 nitrogen and oxygen atoms in total. The van der Waals surface area contributed by atoms with Crippen LogP contribution >= 0.6 is 11.8 Å². The minimum Gasteiger partial charge on any atom is -0.497 e. The summed E-state index contributed by atoms with van der Waals surface area (Å²) >= 11 is 1.88. The van der Waals surface area contributed by atoms with Gasteiger partial charge in [0, 0.05) is 45.6 Å². The van der Waals surface area contributed by atoms with Crippen LogP contribution in [-0.2, 0) is 13.5 Å². The predicted molar refractivity (Wildman–Crippen MR) is 118 cm³/mol. The molecule has 0 aliphatic heterocycles. The number of nitrogens with zero attached hydrogens (tertiary/aromatic N) is 2. The van der Waals surface area contributed by atoms with Crippen LogP contribution in [0.25, 0.3) is 10.9 Å². The van der Waals surface area contributed by atoms with E-state index >= 15 is 0 Å². The van der Waals surface area contributed by atoms with E-state index in [1.807, 2.05) is 23.9 Å². The van der Waals surface area contributed by atoms with Gasteiger partial charge in [-0.1, -0.05) is 51.1 Å². The fourth-order valence-electron chi connectivity index (χ4n) is 3.68. The zero-order valence-corrected chi connectivity index (χ0v) is 18.1. The Morgan fingerprint density at radius 2 is 1.86 bits per heavy atom. The standard InChI is InChI=1S/C24H28N2OS/c1-24(2,3)28-23-20-16-19(27-5)11-12-21(20)26(4)22(23)18(13-14-25)15-17-9-7-6-8-10-17/h6-12,16,18H,13,15H2,1-5H3. The Kier molecular flexibility index (Phi) is 6.05. The van der Waals surface area contributed by atoms with Crippen molar-refractivity contribution >= 4 is 22.7 Å². The van der Waals surface area contributed by atoms with Gasteiger partial charge in [0.05, 0.1) is 13.2 Å². The van der Waals surface area contributed by atoms with Gasteiger partial charge in [-0.2, -0.15) is 5.26 Å². The fraction of sp³-hybridized carbons (Fsp3) is 0.375. The highest BCUT2D eigenvalue weighted by Crippen LogP contribution is 2.45. The lowest BCUT2D eigenvalue weighted by Crippen LogP contribution is -2.12. The molecule has 0 bridgehead atoms. The van der Waals surface area contributed by atoms with Gasteiger partial charge in [-0.25, -0.2) is 0 Å². The third kappa shape index (κ3) is 4.36. The zero-order chi connectivity index (χ0) is 20.3. The Bertz CT molecular complexity index is 993. The topological polar surface area (TPSA) is 37.9 Å². The highest BCUT2D eigenvalue weighted by Gasteiger charge is 2.27. The second-order valence-electron chi connectivity index (χ2n) is 8.12. The molecule has 1 aromatic heterocycles. The van der Waals surface area contributed by atoms with Crippen LogP contribution in [0.4, 0.5) is 0 Å². The Balaban J connectivity index is 2.19. The van der Waals surface area contributed by atoms with Gasteiger partial charge in [0.2, 0.25) is 0 Å². The van der Waals surface area contributed by atoms with Gasteiger partial charge in [-0.15, -0.1) is 11.8 Å². The average molecular weight is 393 g/mol. The third-order valence-corrected chi connectivity index (χ3v) is 6.11. The van der Waals surface area contributed by atoms with Crippen molar-refractivity contribution in [2.45, 2.75) is 49.2 Å². The van der Waals surface area contributed by atoms with Crippen molar-refractivity contribution in [1.29, 1.82) is 5.26 Å². The predicted octanol–water partition coefficient (Wildman–Crippen LogP) is 6.32. The normalized spacial score (nSPS) is 12.7. The highest BCUT2D eigenvalue weighted by atomic mass is 32.2. The van der Waals surface area contributed by atoms with Crippen molar-refractivity contribution in [1.82, 2.24) is 4.57 Å². The number of nitriles is 1. The molecule has 1 atom stereocenters. The summed E-state index contributed by atoms with van der Waals surface area (Å²) in [6.45, 7) is 6.70. The van der Waals surface area contributed by atoms with Crippen molar-refractivity contribution < 1.29 is 4.74 Å². The van der Waals surface area contributed by atoms with E-state index in [2.05, 4.69) is 74.9 Å². The monoisotopic (exact) mass is 392 g/mol. The first kappa shape index (κ1) is 20.4. The van der Waals surface area contributed by atoms with Gasteiger partial charge in [0.1, 0.15) is 5.75 Å². The quantitative estimate of drug-likeness (QED) is 0.461. The van der Waals surface area contributed by atoms with Crippen molar-refractivity contribution in [2.75, 3.05) is 7.11 Å². The van der Waals surface area contributed by atoms with Gasteiger partial charge in [-0.05, 0) is 30.2 Å². The SMILES string of the molecule is COc1ccc2c(c1)c(SC(C)(C)C)c(C(CC#N)Cc1ccccc1)n2C. The van der Waals surface area contributed by atoms with E-state index in [9.17, 15) is 5.26 Å². The molecule has 3 rings (SSSR count). The molecule has 0 radical (unpaired) electrons. The van der Waals surface area contributed by atoms with Crippen LogP contribution in [0.5, 0.6) is 5.75 Å². The molecule has 0 saturated carbocycles. The van der Waals surface area contributed by atoms with E-state index in [0.717, 1.165) is 12.2 Å². The molecule has 0 fully saturated rings. The summed E-state index contributed by atoms with van der Waals surface area (Å²) in [7, 11) is 3.82. The summed E-state index contributed by atoms with van der Waals surface area (Å²) in [6.07, 6.45) is 1.35. The number of aryl methyl sites for hydroxylation is 1. The van der Waals surface area contributed by atoms with Crippen LogP contribution in [0, 0.1) is 11.3 Å². The van der Waals surface area contributed by atoms with Gasteiger partial charge >= 0.3 is 0 Å². The summed E-state index contributed by atoms with van der Waals surface area (Å²) in [5.74, 6) is 1.00. The molecular weight excluding hydrogens is 364 g/mol. The lowest BCUT2D eigenvalue weighted by Gasteiger charge is -2.22. The third-order valence-electron chi connectivity index (χ3n) is 4.86. The summed E-state index contributed by atoms with van der Waals surface area (Å²) in [4.78, 5) is 1.26. The summed E-state index contributed by atoms with van der Waals surface area (Å²) in [6, 6.07) is 19.1. The molecule has 146 valence electrons. The number of thioether (sulfide) groups is 1. The van der Waals surface area contributed by atoms with E-state index in [0.29, 0.717) is 6.42 Å². The van der Waals surface area contributed by atoms with Crippen LogP contribution < -0.4 is 4.74 Å². The molecule has 1 heterocycles. The highest BCUT2D eigenvalue weighted by molar-refractivity contribution is 8.00. The molecule has 0 amide bonds. The first-order valence-electron chi connectivity index (χ1n) is 9.60. The maximum Gasteiger partial charge on any atom is 0.119 e. The number of hydrogen-bond donors (Lipinski definition) is 0. The molecule has 0 aliphatic carbocycles. The number of aromatic nitrogens is 1. The van der Waals surface area contributed by atoms with E-state index in [-0.39, 0.29) is 10.7 Å². The lowest BCUT2D eigenvalue weighted by molar-refractivity contribution is 0.415. The van der Waals surface area contributed by atoms with Crippen LogP contribution in [0.3, 0.4) is 0 Å². The Hall–Kier alpha value is -2.38. The van der Waals surface area contributed by atoms with Crippen LogP contribution in [0.15, 0.2) is 53.4 Å². The van der Waals surface area contributed by atoms with E-state index in [1.54, 1.807) is 7.11 Å². The van der Waals surface area contributed by atoms with Crippen molar-refractivity contribution in [2.24, 2.45) is 7.05 Å². The first-order chi connectivity index (χ1) is 13.3. The first-order valence-corrected chi connectivity index (χ1v) is 10.4. The molecule has 28 heavy (non-hydrogen) atoms.